The van der Waals surface area contributed by atoms with Crippen molar-refractivity contribution in [1.82, 2.24) is 0 Å². The van der Waals surface area contributed by atoms with Gasteiger partial charge in [0.25, 0.3) is 0 Å². The molecule has 1 nitrogen and oxygen atoms in total. The van der Waals surface area contributed by atoms with Gasteiger partial charge in [-0.1, -0.05) is 42.5 Å². The molecule has 0 aromatic heterocycles. The molecule has 1 aromatic rings. The minimum absolute atomic E-state index is 0.322. The summed E-state index contributed by atoms with van der Waals surface area (Å²) in [6.07, 6.45) is 13.3. The van der Waals surface area contributed by atoms with Crippen molar-refractivity contribution in [3.63, 3.8) is 0 Å². The Labute approximate surface area is 97.1 Å². The van der Waals surface area contributed by atoms with E-state index in [4.69, 9.17) is 5.11 Å². The van der Waals surface area contributed by atoms with Gasteiger partial charge < -0.3 is 5.11 Å². The van der Waals surface area contributed by atoms with Crippen LogP contribution < -0.4 is 0 Å². The van der Waals surface area contributed by atoms with E-state index in [9.17, 15) is 0 Å². The fourth-order valence-electron chi connectivity index (χ4n) is 2.25. The van der Waals surface area contributed by atoms with Crippen LogP contribution in [0.25, 0.3) is 0 Å². The molecule has 0 aliphatic heterocycles. The summed E-state index contributed by atoms with van der Waals surface area (Å²) in [5.74, 6) is 2.19. The smallest absolute Gasteiger partial charge is 0.115 e. The van der Waals surface area contributed by atoms with Crippen LogP contribution in [0.2, 0.25) is 0 Å². The molecule has 0 heterocycles. The maximum Gasteiger partial charge on any atom is 0.115 e. The largest absolute Gasteiger partial charge is 0.508 e. The summed E-state index contributed by atoms with van der Waals surface area (Å²) < 4.78 is 0. The fourth-order valence-corrected chi connectivity index (χ4v) is 2.25. The van der Waals surface area contributed by atoms with E-state index in [1.807, 2.05) is 6.07 Å². The molecule has 0 spiro atoms. The van der Waals surface area contributed by atoms with Gasteiger partial charge in [0, 0.05) is 0 Å². The number of allylic oxidation sites excluding steroid dienone is 4. The lowest BCUT2D eigenvalue weighted by Crippen LogP contribution is -2.09. The summed E-state index contributed by atoms with van der Waals surface area (Å²) in [5, 5.41) is 8.63. The van der Waals surface area contributed by atoms with Crippen molar-refractivity contribution in [1.29, 1.82) is 0 Å². The quantitative estimate of drug-likeness (QED) is 0.649. The summed E-state index contributed by atoms with van der Waals surface area (Å²) in [7, 11) is 0. The topological polar surface area (TPSA) is 20.2 Å². The average molecular weight is 214 g/mol. The van der Waals surface area contributed by atoms with E-state index in [1.54, 1.807) is 24.3 Å². The number of hydrogen-bond acceptors (Lipinski definition) is 1. The average Bonchev–Trinajstić information content (AvgIpc) is 2.79. The van der Waals surface area contributed by atoms with Crippen molar-refractivity contribution >= 4 is 0 Å². The molecule has 16 heavy (non-hydrogen) atoms. The molecular weight excluding hydrogens is 196 g/mol. The zero-order valence-corrected chi connectivity index (χ0v) is 9.42. The lowest BCUT2D eigenvalue weighted by molar-refractivity contribution is 0.415. The molecule has 2 atom stereocenters. The number of benzene rings is 1. The highest BCUT2D eigenvalue weighted by molar-refractivity contribution is 5.18. The molecule has 1 N–H and O–H groups in total. The third kappa shape index (κ3) is 2.99. The first-order valence-electron chi connectivity index (χ1n) is 5.92. The molecule has 0 saturated heterocycles. The minimum Gasteiger partial charge on any atom is -0.508 e. The van der Waals surface area contributed by atoms with Crippen LogP contribution in [0, 0.1) is 11.8 Å². The Morgan fingerprint density at radius 1 is 0.875 bits per heavy atom. The highest BCUT2D eigenvalue weighted by atomic mass is 16.3. The lowest BCUT2D eigenvalue weighted by atomic mass is 9.86. The van der Waals surface area contributed by atoms with Gasteiger partial charge in [0.05, 0.1) is 0 Å². The van der Waals surface area contributed by atoms with E-state index >= 15 is 0 Å². The van der Waals surface area contributed by atoms with E-state index in [-0.39, 0.29) is 0 Å². The molecule has 0 saturated carbocycles. The monoisotopic (exact) mass is 214 g/mol. The van der Waals surface area contributed by atoms with Crippen molar-refractivity contribution in [3.05, 3.63) is 54.6 Å². The molecular formula is C15H18O. The predicted octanol–water partition coefficient (Wildman–Crippen LogP) is 3.92. The van der Waals surface area contributed by atoms with E-state index in [1.165, 1.54) is 19.3 Å². The maximum absolute atomic E-state index is 8.63. The molecule has 1 heteroatoms. The number of hydrogen-bond donors (Lipinski definition) is 1. The third-order valence-corrected chi connectivity index (χ3v) is 3.20. The molecule has 0 fully saturated rings. The van der Waals surface area contributed by atoms with E-state index in [2.05, 4.69) is 24.3 Å². The second kappa shape index (κ2) is 5.55. The summed E-state index contributed by atoms with van der Waals surface area (Å²) >= 11 is 0. The van der Waals surface area contributed by atoms with E-state index in [0.29, 0.717) is 5.75 Å². The van der Waals surface area contributed by atoms with Crippen molar-refractivity contribution in [3.8, 4) is 5.75 Å². The standard InChI is InChI=1S/C9H12.C6H6O/c1-2-5-9-7-3-6-8(9)4-1;7-6-4-2-1-3-5-6/h1-3,6,8-9H,4-5,7H2;1-5,7H. The molecule has 3 rings (SSSR count). The molecule has 2 unspecified atom stereocenters. The normalized spacial score (nSPS) is 25.8. The van der Waals surface area contributed by atoms with Crippen molar-refractivity contribution in [2.24, 2.45) is 11.8 Å². The van der Waals surface area contributed by atoms with Gasteiger partial charge in [-0.25, -0.2) is 0 Å². The number of aromatic hydroxyl groups is 1. The Balaban J connectivity index is 0.000000125. The van der Waals surface area contributed by atoms with Crippen LogP contribution in [0.15, 0.2) is 54.6 Å². The molecule has 0 bridgehead atoms. The van der Waals surface area contributed by atoms with Crippen LogP contribution in [-0.4, -0.2) is 5.11 Å². The Hall–Kier alpha value is -1.50. The van der Waals surface area contributed by atoms with Crippen LogP contribution in [0.3, 0.4) is 0 Å². The SMILES string of the molecule is C1=CCC2CC=CC2C1.Oc1ccccc1. The van der Waals surface area contributed by atoms with Crippen molar-refractivity contribution in [2.75, 3.05) is 0 Å². The number of para-hydroxylation sites is 1. The summed E-state index contributed by atoms with van der Waals surface area (Å²) in [6, 6.07) is 8.71. The molecule has 84 valence electrons. The van der Waals surface area contributed by atoms with Crippen LogP contribution in [0.5, 0.6) is 5.75 Å². The highest BCUT2D eigenvalue weighted by Crippen LogP contribution is 2.34. The predicted molar refractivity (Wildman–Crippen MR) is 67.2 cm³/mol. The van der Waals surface area contributed by atoms with Gasteiger partial charge in [0.1, 0.15) is 5.75 Å². The van der Waals surface area contributed by atoms with Gasteiger partial charge in [0.2, 0.25) is 0 Å². The zero-order chi connectivity index (χ0) is 11.2. The van der Waals surface area contributed by atoms with Crippen molar-refractivity contribution in [2.45, 2.75) is 19.3 Å². The molecule has 0 radical (unpaired) electrons. The van der Waals surface area contributed by atoms with Crippen LogP contribution in [-0.2, 0) is 0 Å². The Kier molecular flexibility index (Phi) is 3.81. The number of phenolic OH excluding ortho intramolecular Hbond substituents is 1. The second-order valence-corrected chi connectivity index (χ2v) is 4.37. The first-order valence-corrected chi connectivity index (χ1v) is 5.92. The summed E-state index contributed by atoms with van der Waals surface area (Å²) in [6.45, 7) is 0. The van der Waals surface area contributed by atoms with Gasteiger partial charge in [0.15, 0.2) is 0 Å². The van der Waals surface area contributed by atoms with Crippen LogP contribution >= 0.6 is 0 Å². The van der Waals surface area contributed by atoms with E-state index in [0.717, 1.165) is 11.8 Å². The summed E-state index contributed by atoms with van der Waals surface area (Å²) in [4.78, 5) is 0. The Morgan fingerprint density at radius 3 is 2.19 bits per heavy atom. The second-order valence-electron chi connectivity index (χ2n) is 4.37. The molecule has 2 aliphatic carbocycles. The third-order valence-electron chi connectivity index (χ3n) is 3.20. The van der Waals surface area contributed by atoms with Crippen LogP contribution in [0.4, 0.5) is 0 Å². The Morgan fingerprint density at radius 2 is 1.56 bits per heavy atom. The zero-order valence-electron chi connectivity index (χ0n) is 9.42. The first kappa shape index (κ1) is 11.0. The number of rotatable bonds is 0. The fraction of sp³-hybridized carbons (Fsp3) is 0.333. The van der Waals surface area contributed by atoms with Gasteiger partial charge in [-0.15, -0.1) is 0 Å². The first-order chi connectivity index (χ1) is 7.86. The molecule has 0 amide bonds. The minimum atomic E-state index is 0.322. The van der Waals surface area contributed by atoms with Crippen molar-refractivity contribution < 1.29 is 5.11 Å². The van der Waals surface area contributed by atoms with Gasteiger partial charge in [-0.3, -0.25) is 0 Å². The van der Waals surface area contributed by atoms with Gasteiger partial charge >= 0.3 is 0 Å². The molecule has 1 aromatic carbocycles. The van der Waals surface area contributed by atoms with Crippen LogP contribution in [0.1, 0.15) is 19.3 Å². The lowest BCUT2D eigenvalue weighted by Gasteiger charge is -2.19. The Bertz CT molecular complexity index is 364. The number of phenols is 1. The number of fused-ring (bicyclic) bond motifs is 1. The van der Waals surface area contributed by atoms with Gasteiger partial charge in [-0.2, -0.15) is 0 Å². The maximum atomic E-state index is 8.63. The highest BCUT2D eigenvalue weighted by Gasteiger charge is 2.22. The van der Waals surface area contributed by atoms with E-state index < -0.39 is 0 Å². The summed E-state index contributed by atoms with van der Waals surface area (Å²) in [5.41, 5.74) is 0. The van der Waals surface area contributed by atoms with Gasteiger partial charge in [-0.05, 0) is 43.2 Å². The molecule has 2 aliphatic rings.